The molecule has 1 atom stereocenters. The van der Waals surface area contributed by atoms with Gasteiger partial charge in [-0.15, -0.1) is 11.3 Å². The highest BCUT2D eigenvalue weighted by Crippen LogP contribution is 2.31. The molecule has 2 aromatic rings. The van der Waals surface area contributed by atoms with Gasteiger partial charge in [-0.1, -0.05) is 18.2 Å². The predicted molar refractivity (Wildman–Crippen MR) is 73.7 cm³/mol. The van der Waals surface area contributed by atoms with Gasteiger partial charge in [0.1, 0.15) is 0 Å². The predicted octanol–water partition coefficient (Wildman–Crippen LogP) is 4.02. The molecule has 0 saturated heterocycles. The van der Waals surface area contributed by atoms with Crippen LogP contribution in [0.1, 0.15) is 32.7 Å². The number of nitrogens with zero attached hydrogens (tertiary/aromatic N) is 1. The maximum Gasteiger partial charge on any atom is 0.416 e. The van der Waals surface area contributed by atoms with Gasteiger partial charge in [0.25, 0.3) is 0 Å². The van der Waals surface area contributed by atoms with Crippen molar-refractivity contribution in [2.75, 3.05) is 0 Å². The number of halogens is 3. The summed E-state index contributed by atoms with van der Waals surface area (Å²) in [5, 5.41) is 0.914. The van der Waals surface area contributed by atoms with E-state index in [2.05, 4.69) is 4.98 Å². The van der Waals surface area contributed by atoms with Gasteiger partial charge in [-0.3, -0.25) is 0 Å². The van der Waals surface area contributed by atoms with Gasteiger partial charge in [-0.25, -0.2) is 4.98 Å². The number of rotatable bonds is 3. The molecule has 0 saturated carbocycles. The van der Waals surface area contributed by atoms with E-state index in [0.717, 1.165) is 27.7 Å². The van der Waals surface area contributed by atoms with Crippen LogP contribution in [0.2, 0.25) is 0 Å². The van der Waals surface area contributed by atoms with Gasteiger partial charge in [0.15, 0.2) is 0 Å². The minimum absolute atomic E-state index is 0.329. The standard InChI is InChI=1S/C14H15F3N2S/c1-8-13(20-9(2)19-8)12(18)7-10-4-3-5-11(6-10)14(15,16)17/h3-6,12H,7,18H2,1-2H3. The first-order valence-corrected chi connectivity index (χ1v) is 6.94. The molecule has 6 heteroatoms. The molecule has 0 spiro atoms. The minimum atomic E-state index is -4.32. The van der Waals surface area contributed by atoms with Crippen LogP contribution in [0.5, 0.6) is 0 Å². The molecule has 2 N–H and O–H groups in total. The molecule has 20 heavy (non-hydrogen) atoms. The van der Waals surface area contributed by atoms with E-state index in [4.69, 9.17) is 5.73 Å². The number of alkyl halides is 3. The molecular weight excluding hydrogens is 285 g/mol. The summed E-state index contributed by atoms with van der Waals surface area (Å²) in [6, 6.07) is 4.97. The summed E-state index contributed by atoms with van der Waals surface area (Å²) < 4.78 is 38.0. The van der Waals surface area contributed by atoms with Gasteiger partial charge in [-0.2, -0.15) is 13.2 Å². The van der Waals surface area contributed by atoms with Gasteiger partial charge in [-0.05, 0) is 31.9 Å². The van der Waals surface area contributed by atoms with Crippen molar-refractivity contribution >= 4 is 11.3 Å². The van der Waals surface area contributed by atoms with E-state index in [9.17, 15) is 13.2 Å². The highest BCUT2D eigenvalue weighted by molar-refractivity contribution is 7.11. The number of aromatic nitrogens is 1. The summed E-state index contributed by atoms with van der Waals surface area (Å²) >= 11 is 1.49. The second kappa shape index (κ2) is 5.54. The smallest absolute Gasteiger partial charge is 0.323 e. The Hall–Kier alpha value is -1.40. The number of thiazole rings is 1. The number of nitrogens with two attached hydrogens (primary N) is 1. The Morgan fingerprint density at radius 2 is 2.00 bits per heavy atom. The zero-order valence-corrected chi connectivity index (χ0v) is 12.0. The van der Waals surface area contributed by atoms with Crippen molar-refractivity contribution < 1.29 is 13.2 Å². The van der Waals surface area contributed by atoms with Gasteiger partial charge in [0.2, 0.25) is 0 Å². The van der Waals surface area contributed by atoms with Crippen molar-refractivity contribution in [1.29, 1.82) is 0 Å². The van der Waals surface area contributed by atoms with Crippen LogP contribution in [0, 0.1) is 13.8 Å². The average Bonchev–Trinajstić information content (AvgIpc) is 2.68. The Morgan fingerprint density at radius 3 is 2.55 bits per heavy atom. The van der Waals surface area contributed by atoms with E-state index in [-0.39, 0.29) is 6.04 Å². The van der Waals surface area contributed by atoms with E-state index >= 15 is 0 Å². The van der Waals surface area contributed by atoms with Crippen molar-refractivity contribution in [1.82, 2.24) is 4.98 Å². The lowest BCUT2D eigenvalue weighted by Gasteiger charge is -2.12. The summed E-state index contributed by atoms with van der Waals surface area (Å²) in [6.07, 6.45) is -3.95. The van der Waals surface area contributed by atoms with Crippen LogP contribution in [-0.2, 0) is 12.6 Å². The average molecular weight is 300 g/mol. The summed E-state index contributed by atoms with van der Waals surface area (Å²) in [4.78, 5) is 5.22. The molecule has 0 aliphatic carbocycles. The highest BCUT2D eigenvalue weighted by atomic mass is 32.1. The van der Waals surface area contributed by atoms with Crippen LogP contribution in [0.3, 0.4) is 0 Å². The molecule has 0 fully saturated rings. The van der Waals surface area contributed by atoms with E-state index in [1.54, 1.807) is 6.07 Å². The summed E-state index contributed by atoms with van der Waals surface area (Å²) in [7, 11) is 0. The normalized spacial score (nSPS) is 13.5. The molecule has 0 radical (unpaired) electrons. The third kappa shape index (κ3) is 3.37. The lowest BCUT2D eigenvalue weighted by molar-refractivity contribution is -0.137. The molecule has 0 aliphatic heterocycles. The number of benzene rings is 1. The Labute approximate surface area is 119 Å². The van der Waals surface area contributed by atoms with Crippen LogP contribution >= 0.6 is 11.3 Å². The molecule has 1 heterocycles. The maximum atomic E-state index is 12.7. The minimum Gasteiger partial charge on any atom is -0.323 e. The summed E-state index contributed by atoms with van der Waals surface area (Å²) in [5.41, 5.74) is 6.89. The van der Waals surface area contributed by atoms with Crippen LogP contribution in [0.15, 0.2) is 24.3 Å². The lowest BCUT2D eigenvalue weighted by Crippen LogP contribution is -2.14. The van der Waals surface area contributed by atoms with Gasteiger partial charge >= 0.3 is 6.18 Å². The Balaban J connectivity index is 2.20. The molecule has 2 rings (SSSR count). The van der Waals surface area contributed by atoms with Crippen molar-refractivity contribution in [3.63, 3.8) is 0 Å². The van der Waals surface area contributed by atoms with Crippen LogP contribution in [0.4, 0.5) is 13.2 Å². The fourth-order valence-corrected chi connectivity index (χ4v) is 3.04. The number of hydrogen-bond acceptors (Lipinski definition) is 3. The molecule has 1 aromatic heterocycles. The third-order valence-electron chi connectivity index (χ3n) is 2.99. The fraction of sp³-hybridized carbons (Fsp3) is 0.357. The van der Waals surface area contributed by atoms with Gasteiger partial charge < -0.3 is 5.73 Å². The number of hydrogen-bond donors (Lipinski definition) is 1. The first-order valence-electron chi connectivity index (χ1n) is 6.13. The summed E-state index contributed by atoms with van der Waals surface area (Å²) in [6.45, 7) is 3.75. The Morgan fingerprint density at radius 1 is 1.30 bits per heavy atom. The molecule has 0 bridgehead atoms. The largest absolute Gasteiger partial charge is 0.416 e. The van der Waals surface area contributed by atoms with Crippen LogP contribution in [-0.4, -0.2) is 4.98 Å². The van der Waals surface area contributed by atoms with Gasteiger partial charge in [0.05, 0.1) is 16.3 Å². The molecule has 1 unspecified atom stereocenters. The second-order valence-electron chi connectivity index (χ2n) is 4.69. The monoisotopic (exact) mass is 300 g/mol. The van der Waals surface area contributed by atoms with Crippen LogP contribution < -0.4 is 5.73 Å². The Kier molecular flexibility index (Phi) is 4.15. The fourth-order valence-electron chi connectivity index (χ4n) is 2.11. The van der Waals surface area contributed by atoms with Gasteiger partial charge in [0, 0.05) is 10.9 Å². The molecular formula is C14H15F3N2S. The van der Waals surface area contributed by atoms with Crippen molar-refractivity contribution in [2.24, 2.45) is 5.73 Å². The van der Waals surface area contributed by atoms with Crippen molar-refractivity contribution in [2.45, 2.75) is 32.5 Å². The zero-order chi connectivity index (χ0) is 14.9. The topological polar surface area (TPSA) is 38.9 Å². The Bertz CT molecular complexity index is 605. The first kappa shape index (κ1) is 15.0. The SMILES string of the molecule is Cc1nc(C)c(C(N)Cc2cccc(C(F)(F)F)c2)s1. The third-order valence-corrected chi connectivity index (χ3v) is 4.19. The van der Waals surface area contributed by atoms with E-state index < -0.39 is 11.7 Å². The zero-order valence-electron chi connectivity index (χ0n) is 11.2. The van der Waals surface area contributed by atoms with Crippen molar-refractivity contribution in [3.8, 4) is 0 Å². The molecule has 0 aliphatic rings. The van der Waals surface area contributed by atoms with Crippen LogP contribution in [0.25, 0.3) is 0 Å². The van der Waals surface area contributed by atoms with E-state index in [1.807, 2.05) is 13.8 Å². The van der Waals surface area contributed by atoms with Crippen molar-refractivity contribution in [3.05, 3.63) is 51.0 Å². The summed E-state index contributed by atoms with van der Waals surface area (Å²) in [5.74, 6) is 0. The molecule has 1 aromatic carbocycles. The quantitative estimate of drug-likeness (QED) is 0.929. The van der Waals surface area contributed by atoms with E-state index in [0.29, 0.717) is 12.0 Å². The number of aryl methyl sites for hydroxylation is 2. The molecule has 0 amide bonds. The molecule has 108 valence electrons. The molecule has 2 nitrogen and oxygen atoms in total. The highest BCUT2D eigenvalue weighted by Gasteiger charge is 2.30. The lowest BCUT2D eigenvalue weighted by atomic mass is 10.0. The first-order chi connectivity index (χ1) is 9.27. The van der Waals surface area contributed by atoms with E-state index in [1.165, 1.54) is 17.4 Å². The maximum absolute atomic E-state index is 12.7. The second-order valence-corrected chi connectivity index (χ2v) is 5.93.